The van der Waals surface area contributed by atoms with Gasteiger partial charge < -0.3 is 15.2 Å². The van der Waals surface area contributed by atoms with Gasteiger partial charge in [-0.2, -0.15) is 0 Å². The summed E-state index contributed by atoms with van der Waals surface area (Å²) in [5, 5.41) is 12.4. The van der Waals surface area contributed by atoms with Gasteiger partial charge in [0.05, 0.1) is 6.61 Å². The minimum atomic E-state index is 0.324. The smallest absolute Gasteiger partial charge is 0.0587 e. The zero-order chi connectivity index (χ0) is 8.81. The summed E-state index contributed by atoms with van der Waals surface area (Å²) in [4.78, 5) is 0. The van der Waals surface area contributed by atoms with Crippen molar-refractivity contribution < 1.29 is 9.84 Å². The maximum atomic E-state index is 9.02. The third-order valence-corrected chi connectivity index (χ3v) is 2.61. The highest BCUT2D eigenvalue weighted by Gasteiger charge is 2.25. The minimum Gasteiger partial charge on any atom is -0.396 e. The first-order valence-electron chi connectivity index (χ1n) is 4.71. The quantitative estimate of drug-likeness (QED) is 0.591. The van der Waals surface area contributed by atoms with E-state index in [0.29, 0.717) is 18.6 Å². The Morgan fingerprint density at radius 1 is 1.50 bits per heavy atom. The molecule has 72 valence electrons. The third-order valence-electron chi connectivity index (χ3n) is 2.61. The largest absolute Gasteiger partial charge is 0.396 e. The van der Waals surface area contributed by atoms with Crippen LogP contribution >= 0.6 is 0 Å². The lowest BCUT2D eigenvalue weighted by Crippen LogP contribution is -2.36. The molecule has 3 heteroatoms. The molecule has 0 aromatic carbocycles. The van der Waals surface area contributed by atoms with Gasteiger partial charge in [-0.1, -0.05) is 6.42 Å². The van der Waals surface area contributed by atoms with Crippen LogP contribution in [0.25, 0.3) is 0 Å². The summed E-state index contributed by atoms with van der Waals surface area (Å²) >= 11 is 0. The number of ether oxygens (including phenoxy) is 1. The average Bonchev–Trinajstić information content (AvgIpc) is 2.52. The van der Waals surface area contributed by atoms with Gasteiger partial charge in [-0.25, -0.2) is 0 Å². The number of hydrogen-bond acceptors (Lipinski definition) is 3. The van der Waals surface area contributed by atoms with E-state index in [9.17, 15) is 0 Å². The van der Waals surface area contributed by atoms with E-state index in [-0.39, 0.29) is 0 Å². The Kier molecular flexibility index (Phi) is 4.58. The van der Waals surface area contributed by atoms with Crippen LogP contribution < -0.4 is 5.32 Å². The van der Waals surface area contributed by atoms with Crippen LogP contribution in [0.5, 0.6) is 0 Å². The van der Waals surface area contributed by atoms with Crippen LogP contribution in [0, 0.1) is 5.92 Å². The molecule has 2 N–H and O–H groups in total. The van der Waals surface area contributed by atoms with Crippen LogP contribution in [0.4, 0.5) is 0 Å². The molecule has 12 heavy (non-hydrogen) atoms. The predicted molar refractivity (Wildman–Crippen MR) is 48.1 cm³/mol. The first kappa shape index (κ1) is 9.96. The summed E-state index contributed by atoms with van der Waals surface area (Å²) in [6, 6.07) is 0.519. The van der Waals surface area contributed by atoms with Gasteiger partial charge in [-0.3, -0.25) is 0 Å². The number of aliphatic hydroxyl groups excluding tert-OH is 1. The van der Waals surface area contributed by atoms with Gasteiger partial charge in [0.15, 0.2) is 0 Å². The normalized spacial score (nSPS) is 29.5. The molecule has 1 fully saturated rings. The second-order valence-electron chi connectivity index (χ2n) is 3.43. The second kappa shape index (κ2) is 5.51. The zero-order valence-electron chi connectivity index (χ0n) is 7.75. The fourth-order valence-corrected chi connectivity index (χ4v) is 1.87. The highest BCUT2D eigenvalue weighted by molar-refractivity contribution is 4.82. The molecule has 0 amide bonds. The summed E-state index contributed by atoms with van der Waals surface area (Å²) in [6.07, 6.45) is 3.62. The number of rotatable bonds is 5. The Labute approximate surface area is 74.1 Å². The van der Waals surface area contributed by atoms with Gasteiger partial charge in [0.1, 0.15) is 0 Å². The van der Waals surface area contributed by atoms with E-state index in [1.165, 1.54) is 19.3 Å². The van der Waals surface area contributed by atoms with Crippen molar-refractivity contribution in [3.8, 4) is 0 Å². The Morgan fingerprint density at radius 2 is 2.33 bits per heavy atom. The lowest BCUT2D eigenvalue weighted by atomic mass is 10.1. The summed E-state index contributed by atoms with van der Waals surface area (Å²) in [6.45, 7) is 1.98. The van der Waals surface area contributed by atoms with E-state index in [4.69, 9.17) is 9.84 Å². The van der Waals surface area contributed by atoms with Gasteiger partial charge in [0.2, 0.25) is 0 Å². The van der Waals surface area contributed by atoms with Crippen LogP contribution in [0.1, 0.15) is 19.3 Å². The molecule has 1 aliphatic rings. The van der Waals surface area contributed by atoms with Gasteiger partial charge in [-0.05, 0) is 18.8 Å². The number of aliphatic hydroxyl groups is 1. The van der Waals surface area contributed by atoms with Crippen LogP contribution in [-0.4, -0.2) is 38.0 Å². The third kappa shape index (κ3) is 2.73. The van der Waals surface area contributed by atoms with Crippen molar-refractivity contribution in [3.05, 3.63) is 0 Å². The molecule has 0 aliphatic heterocycles. The summed E-state index contributed by atoms with van der Waals surface area (Å²) in [5.74, 6) is 0.474. The molecule has 0 radical (unpaired) electrons. The molecule has 3 nitrogen and oxygen atoms in total. The van der Waals surface area contributed by atoms with E-state index in [1.54, 1.807) is 7.11 Å². The molecule has 2 unspecified atom stereocenters. The van der Waals surface area contributed by atoms with Crippen molar-refractivity contribution in [1.82, 2.24) is 5.32 Å². The van der Waals surface area contributed by atoms with Gasteiger partial charge in [0.25, 0.3) is 0 Å². The summed E-state index contributed by atoms with van der Waals surface area (Å²) in [7, 11) is 1.71. The topological polar surface area (TPSA) is 41.5 Å². The maximum absolute atomic E-state index is 9.02. The van der Waals surface area contributed by atoms with Crippen molar-refractivity contribution in [3.63, 3.8) is 0 Å². The number of hydrogen-bond donors (Lipinski definition) is 2. The highest BCUT2D eigenvalue weighted by atomic mass is 16.5. The van der Waals surface area contributed by atoms with Crippen LogP contribution in [0.3, 0.4) is 0 Å². The molecule has 0 spiro atoms. The van der Waals surface area contributed by atoms with E-state index >= 15 is 0 Å². The van der Waals surface area contributed by atoms with Crippen LogP contribution in [-0.2, 0) is 4.74 Å². The first-order valence-corrected chi connectivity index (χ1v) is 4.71. The second-order valence-corrected chi connectivity index (χ2v) is 3.43. The molecule has 0 bridgehead atoms. The van der Waals surface area contributed by atoms with Crippen molar-refractivity contribution in [2.75, 3.05) is 26.9 Å². The lowest BCUT2D eigenvalue weighted by Gasteiger charge is -2.18. The molecule has 1 saturated carbocycles. The van der Waals surface area contributed by atoms with Gasteiger partial charge in [0, 0.05) is 26.3 Å². The number of methoxy groups -OCH3 is 1. The fraction of sp³-hybridized carbons (Fsp3) is 1.00. The lowest BCUT2D eigenvalue weighted by molar-refractivity contribution is 0.177. The first-order chi connectivity index (χ1) is 5.88. The molecular formula is C9H19NO2. The molecule has 1 aliphatic carbocycles. The van der Waals surface area contributed by atoms with Crippen molar-refractivity contribution in [1.29, 1.82) is 0 Å². The molecule has 2 atom stereocenters. The molecule has 0 aromatic heterocycles. The Balaban J connectivity index is 2.12. The monoisotopic (exact) mass is 173 g/mol. The van der Waals surface area contributed by atoms with Crippen LogP contribution in [0.15, 0.2) is 0 Å². The van der Waals surface area contributed by atoms with Crippen LogP contribution in [0.2, 0.25) is 0 Å². The maximum Gasteiger partial charge on any atom is 0.0587 e. The SMILES string of the molecule is COCCNC1CCCC1CO. The van der Waals surface area contributed by atoms with Gasteiger partial charge >= 0.3 is 0 Å². The number of nitrogens with one attached hydrogen (secondary N) is 1. The van der Waals surface area contributed by atoms with Crippen molar-refractivity contribution >= 4 is 0 Å². The molecule has 0 saturated heterocycles. The zero-order valence-corrected chi connectivity index (χ0v) is 7.75. The highest BCUT2D eigenvalue weighted by Crippen LogP contribution is 2.24. The minimum absolute atomic E-state index is 0.324. The van der Waals surface area contributed by atoms with Gasteiger partial charge in [-0.15, -0.1) is 0 Å². The summed E-state index contributed by atoms with van der Waals surface area (Å²) in [5.41, 5.74) is 0. The van der Waals surface area contributed by atoms with E-state index < -0.39 is 0 Å². The molecular weight excluding hydrogens is 154 g/mol. The van der Waals surface area contributed by atoms with Crippen molar-refractivity contribution in [2.45, 2.75) is 25.3 Å². The van der Waals surface area contributed by atoms with E-state index in [0.717, 1.165) is 13.2 Å². The Morgan fingerprint density at radius 3 is 3.00 bits per heavy atom. The van der Waals surface area contributed by atoms with E-state index in [2.05, 4.69) is 5.32 Å². The standard InChI is InChI=1S/C9H19NO2/c1-12-6-5-10-9-4-2-3-8(9)7-11/h8-11H,2-7H2,1H3. The molecule has 0 aromatic rings. The van der Waals surface area contributed by atoms with E-state index in [1.807, 2.05) is 0 Å². The van der Waals surface area contributed by atoms with Crippen molar-refractivity contribution in [2.24, 2.45) is 5.92 Å². The molecule has 1 rings (SSSR count). The predicted octanol–water partition coefficient (Wildman–Crippen LogP) is 0.383. The fourth-order valence-electron chi connectivity index (χ4n) is 1.87. The summed E-state index contributed by atoms with van der Waals surface area (Å²) < 4.78 is 4.95. The molecule has 0 heterocycles. The Hall–Kier alpha value is -0.120. The average molecular weight is 173 g/mol. The Bertz CT molecular complexity index is 119.